The van der Waals surface area contributed by atoms with Gasteiger partial charge in [0.05, 0.1) is 6.54 Å². The minimum atomic E-state index is -0.853. The van der Waals surface area contributed by atoms with Crippen LogP contribution < -0.4 is 5.32 Å². The standard InChI is InChI=1S/C9H8F2N2/c1-12-4-2-3-7-5-8(10)13-9(11)6-7/h5-6,12H,4H2,1H3. The van der Waals surface area contributed by atoms with Gasteiger partial charge >= 0.3 is 0 Å². The van der Waals surface area contributed by atoms with E-state index in [9.17, 15) is 8.78 Å². The summed E-state index contributed by atoms with van der Waals surface area (Å²) < 4.78 is 25.0. The molecule has 2 nitrogen and oxygen atoms in total. The molecule has 0 saturated carbocycles. The lowest BCUT2D eigenvalue weighted by atomic mass is 10.3. The molecule has 0 amide bonds. The van der Waals surface area contributed by atoms with Gasteiger partial charge < -0.3 is 5.32 Å². The van der Waals surface area contributed by atoms with Crippen molar-refractivity contribution in [3.8, 4) is 11.8 Å². The molecule has 1 aromatic heterocycles. The van der Waals surface area contributed by atoms with E-state index in [0.29, 0.717) is 12.1 Å². The van der Waals surface area contributed by atoms with Gasteiger partial charge in [0.1, 0.15) is 0 Å². The van der Waals surface area contributed by atoms with Crippen molar-refractivity contribution in [2.45, 2.75) is 0 Å². The summed E-state index contributed by atoms with van der Waals surface area (Å²) in [6.07, 6.45) is 0. The fraction of sp³-hybridized carbons (Fsp3) is 0.222. The second-order valence-electron chi connectivity index (χ2n) is 2.33. The summed E-state index contributed by atoms with van der Waals surface area (Å²) in [4.78, 5) is 2.95. The Bertz CT molecular complexity index is 332. The van der Waals surface area contributed by atoms with E-state index in [4.69, 9.17) is 0 Å². The zero-order valence-corrected chi connectivity index (χ0v) is 7.06. The maximum Gasteiger partial charge on any atom is 0.216 e. The van der Waals surface area contributed by atoms with Crippen LogP contribution in [0.3, 0.4) is 0 Å². The predicted octanol–water partition coefficient (Wildman–Crippen LogP) is 0.931. The molecule has 0 atom stereocenters. The molecule has 1 heterocycles. The molecule has 0 unspecified atom stereocenters. The van der Waals surface area contributed by atoms with Crippen LogP contribution in [0.4, 0.5) is 8.78 Å². The smallest absolute Gasteiger partial charge is 0.216 e. The highest BCUT2D eigenvalue weighted by molar-refractivity contribution is 5.32. The number of halogens is 2. The van der Waals surface area contributed by atoms with E-state index in [1.165, 1.54) is 0 Å². The predicted molar refractivity (Wildman–Crippen MR) is 45.0 cm³/mol. The average Bonchev–Trinajstić information content (AvgIpc) is 2.03. The molecule has 13 heavy (non-hydrogen) atoms. The Morgan fingerprint density at radius 2 is 2.00 bits per heavy atom. The van der Waals surface area contributed by atoms with Gasteiger partial charge in [-0.25, -0.2) is 0 Å². The first-order chi connectivity index (χ1) is 6.22. The first-order valence-corrected chi connectivity index (χ1v) is 3.69. The van der Waals surface area contributed by atoms with E-state index < -0.39 is 11.9 Å². The highest BCUT2D eigenvalue weighted by atomic mass is 19.1. The fourth-order valence-corrected chi connectivity index (χ4v) is 0.772. The minimum Gasteiger partial charge on any atom is -0.309 e. The number of aromatic nitrogens is 1. The molecular formula is C9H8F2N2. The Kier molecular flexibility index (Phi) is 3.35. The van der Waals surface area contributed by atoms with E-state index in [-0.39, 0.29) is 0 Å². The van der Waals surface area contributed by atoms with Crippen molar-refractivity contribution in [1.29, 1.82) is 0 Å². The summed E-state index contributed by atoms with van der Waals surface area (Å²) in [7, 11) is 1.74. The molecule has 1 rings (SSSR count). The summed E-state index contributed by atoms with van der Waals surface area (Å²) in [5.74, 6) is 3.57. The molecule has 0 bridgehead atoms. The second-order valence-corrected chi connectivity index (χ2v) is 2.33. The third kappa shape index (κ3) is 3.18. The summed E-state index contributed by atoms with van der Waals surface area (Å²) in [6.45, 7) is 0.478. The van der Waals surface area contributed by atoms with Crippen LogP contribution in [0.5, 0.6) is 0 Å². The summed E-state index contributed by atoms with van der Waals surface area (Å²) >= 11 is 0. The zero-order chi connectivity index (χ0) is 9.68. The normalized spacial score (nSPS) is 9.15. The van der Waals surface area contributed by atoms with E-state index in [0.717, 1.165) is 12.1 Å². The number of nitrogens with one attached hydrogen (secondary N) is 1. The van der Waals surface area contributed by atoms with Crippen LogP contribution in [0.2, 0.25) is 0 Å². The van der Waals surface area contributed by atoms with Gasteiger partial charge in [-0.2, -0.15) is 13.8 Å². The topological polar surface area (TPSA) is 24.9 Å². The molecule has 0 saturated heterocycles. The Hall–Kier alpha value is -1.47. The van der Waals surface area contributed by atoms with Gasteiger partial charge in [-0.3, -0.25) is 0 Å². The van der Waals surface area contributed by atoms with Crippen molar-refractivity contribution in [2.24, 2.45) is 0 Å². The molecule has 0 aliphatic heterocycles. The Morgan fingerprint density at radius 1 is 1.38 bits per heavy atom. The van der Waals surface area contributed by atoms with Crippen LogP contribution in [0, 0.1) is 23.7 Å². The van der Waals surface area contributed by atoms with Crippen LogP contribution in [0.1, 0.15) is 5.56 Å². The number of rotatable bonds is 1. The van der Waals surface area contributed by atoms with Gasteiger partial charge in [0.25, 0.3) is 0 Å². The van der Waals surface area contributed by atoms with Crippen LogP contribution in [-0.2, 0) is 0 Å². The lowest BCUT2D eigenvalue weighted by Crippen LogP contribution is -2.04. The summed E-state index contributed by atoms with van der Waals surface area (Å²) in [6, 6.07) is 2.18. The van der Waals surface area contributed by atoms with Crippen molar-refractivity contribution in [3.05, 3.63) is 29.6 Å². The summed E-state index contributed by atoms with van der Waals surface area (Å²) in [5, 5.41) is 2.79. The maximum absolute atomic E-state index is 12.5. The molecular weight excluding hydrogens is 174 g/mol. The van der Waals surface area contributed by atoms with Crippen molar-refractivity contribution >= 4 is 0 Å². The Morgan fingerprint density at radius 3 is 2.54 bits per heavy atom. The first kappa shape index (κ1) is 9.62. The molecule has 68 valence electrons. The van der Waals surface area contributed by atoms with Gasteiger partial charge in [-0.05, 0) is 7.05 Å². The lowest BCUT2D eigenvalue weighted by Gasteiger charge is -1.91. The lowest BCUT2D eigenvalue weighted by molar-refractivity contribution is 0.512. The Labute approximate surface area is 75.0 Å². The van der Waals surface area contributed by atoms with E-state index in [2.05, 4.69) is 22.1 Å². The molecule has 0 radical (unpaired) electrons. The van der Waals surface area contributed by atoms with Crippen LogP contribution >= 0.6 is 0 Å². The molecule has 1 N–H and O–H groups in total. The summed E-state index contributed by atoms with van der Waals surface area (Å²) in [5.41, 5.74) is 0.292. The first-order valence-electron chi connectivity index (χ1n) is 3.69. The van der Waals surface area contributed by atoms with Crippen LogP contribution in [0.15, 0.2) is 12.1 Å². The average molecular weight is 182 g/mol. The number of hydrogen-bond acceptors (Lipinski definition) is 2. The number of nitrogens with zero attached hydrogens (tertiary/aromatic N) is 1. The van der Waals surface area contributed by atoms with Crippen molar-refractivity contribution in [2.75, 3.05) is 13.6 Å². The van der Waals surface area contributed by atoms with Crippen molar-refractivity contribution in [3.63, 3.8) is 0 Å². The van der Waals surface area contributed by atoms with Crippen molar-refractivity contribution < 1.29 is 8.78 Å². The van der Waals surface area contributed by atoms with Gasteiger partial charge in [-0.1, -0.05) is 11.8 Å². The molecule has 0 fully saturated rings. The Balaban J connectivity index is 2.85. The SMILES string of the molecule is CNCC#Cc1cc(F)nc(F)c1. The molecule has 1 aromatic rings. The quantitative estimate of drug-likeness (QED) is 0.516. The van der Waals surface area contributed by atoms with E-state index in [1.807, 2.05) is 0 Å². The highest BCUT2D eigenvalue weighted by Crippen LogP contribution is 2.01. The molecule has 0 aliphatic carbocycles. The molecule has 4 heteroatoms. The largest absolute Gasteiger partial charge is 0.309 e. The number of hydrogen-bond donors (Lipinski definition) is 1. The maximum atomic E-state index is 12.5. The highest BCUT2D eigenvalue weighted by Gasteiger charge is 1.98. The fourth-order valence-electron chi connectivity index (χ4n) is 0.772. The van der Waals surface area contributed by atoms with Crippen LogP contribution in [0.25, 0.3) is 0 Å². The van der Waals surface area contributed by atoms with Gasteiger partial charge in [0.15, 0.2) is 0 Å². The van der Waals surface area contributed by atoms with Gasteiger partial charge in [0.2, 0.25) is 11.9 Å². The van der Waals surface area contributed by atoms with E-state index in [1.54, 1.807) is 7.05 Å². The molecule has 0 aromatic carbocycles. The minimum absolute atomic E-state index is 0.292. The van der Waals surface area contributed by atoms with Crippen LogP contribution in [-0.4, -0.2) is 18.6 Å². The number of pyridine rings is 1. The zero-order valence-electron chi connectivity index (χ0n) is 7.06. The van der Waals surface area contributed by atoms with Gasteiger partial charge in [-0.15, -0.1) is 0 Å². The third-order valence-corrected chi connectivity index (χ3v) is 1.26. The molecule has 0 aliphatic rings. The monoisotopic (exact) mass is 182 g/mol. The van der Waals surface area contributed by atoms with Gasteiger partial charge in [0, 0.05) is 17.7 Å². The van der Waals surface area contributed by atoms with Crippen molar-refractivity contribution in [1.82, 2.24) is 10.3 Å². The second kappa shape index (κ2) is 4.53. The third-order valence-electron chi connectivity index (χ3n) is 1.26. The molecule has 0 spiro atoms. The van der Waals surface area contributed by atoms with E-state index >= 15 is 0 Å².